The lowest BCUT2D eigenvalue weighted by atomic mass is 10.0. The zero-order chi connectivity index (χ0) is 23.5. The van der Waals surface area contributed by atoms with E-state index in [-0.39, 0.29) is 28.8 Å². The van der Waals surface area contributed by atoms with Gasteiger partial charge in [0.1, 0.15) is 17.7 Å². The number of rotatable bonds is 6. The SMILES string of the molecule is N#CC(NC(=O)c1ccc2c(c1)C(=O)N(CCc1ccccc1)C2=O)c1ccc(F)cc1F. The maximum atomic E-state index is 14.0. The summed E-state index contributed by atoms with van der Waals surface area (Å²) in [6.45, 7) is 0.193. The molecule has 0 bridgehead atoms. The fraction of sp³-hybridized carbons (Fsp3) is 0.120. The molecule has 3 amide bonds. The van der Waals surface area contributed by atoms with Gasteiger partial charge in [-0.1, -0.05) is 36.4 Å². The summed E-state index contributed by atoms with van der Waals surface area (Å²) in [5, 5.41) is 11.7. The summed E-state index contributed by atoms with van der Waals surface area (Å²) < 4.78 is 27.2. The normalized spacial score (nSPS) is 13.4. The second-order valence-electron chi connectivity index (χ2n) is 7.46. The van der Waals surface area contributed by atoms with Crippen LogP contribution in [0.4, 0.5) is 8.78 Å². The van der Waals surface area contributed by atoms with Gasteiger partial charge in [0, 0.05) is 23.7 Å². The van der Waals surface area contributed by atoms with E-state index in [2.05, 4.69) is 5.32 Å². The third-order valence-corrected chi connectivity index (χ3v) is 5.38. The number of carbonyl (C=O) groups excluding carboxylic acids is 3. The van der Waals surface area contributed by atoms with E-state index in [4.69, 9.17) is 0 Å². The van der Waals surface area contributed by atoms with E-state index >= 15 is 0 Å². The van der Waals surface area contributed by atoms with Crippen LogP contribution in [0.2, 0.25) is 0 Å². The van der Waals surface area contributed by atoms with Crippen LogP contribution in [0.5, 0.6) is 0 Å². The molecule has 164 valence electrons. The van der Waals surface area contributed by atoms with Crippen LogP contribution in [0.25, 0.3) is 0 Å². The van der Waals surface area contributed by atoms with E-state index in [1.54, 1.807) is 6.07 Å². The van der Waals surface area contributed by atoms with Gasteiger partial charge in [0.25, 0.3) is 17.7 Å². The molecule has 1 unspecified atom stereocenters. The Balaban J connectivity index is 1.51. The third-order valence-electron chi connectivity index (χ3n) is 5.38. The largest absolute Gasteiger partial charge is 0.332 e. The van der Waals surface area contributed by atoms with Crippen molar-refractivity contribution in [1.29, 1.82) is 5.26 Å². The zero-order valence-corrected chi connectivity index (χ0v) is 17.2. The Morgan fingerprint density at radius 1 is 0.970 bits per heavy atom. The maximum Gasteiger partial charge on any atom is 0.261 e. The summed E-state index contributed by atoms with van der Waals surface area (Å²) in [6.07, 6.45) is 0.493. The van der Waals surface area contributed by atoms with Crippen LogP contribution < -0.4 is 5.32 Å². The average Bonchev–Trinajstić information content (AvgIpc) is 3.06. The van der Waals surface area contributed by atoms with Crippen molar-refractivity contribution >= 4 is 17.7 Å². The van der Waals surface area contributed by atoms with Gasteiger partial charge in [-0.15, -0.1) is 0 Å². The van der Waals surface area contributed by atoms with Crippen LogP contribution in [-0.2, 0) is 6.42 Å². The molecule has 6 nitrogen and oxygen atoms in total. The molecule has 8 heteroatoms. The van der Waals surface area contributed by atoms with Gasteiger partial charge in [-0.2, -0.15) is 5.26 Å². The van der Waals surface area contributed by atoms with E-state index in [0.29, 0.717) is 12.5 Å². The summed E-state index contributed by atoms with van der Waals surface area (Å²) in [7, 11) is 0. The average molecular weight is 445 g/mol. The number of nitrogens with one attached hydrogen (secondary N) is 1. The fourth-order valence-electron chi connectivity index (χ4n) is 3.65. The van der Waals surface area contributed by atoms with E-state index in [1.165, 1.54) is 18.2 Å². The molecule has 0 spiro atoms. The number of amides is 3. The Morgan fingerprint density at radius 3 is 2.39 bits per heavy atom. The van der Waals surface area contributed by atoms with Gasteiger partial charge in [0.05, 0.1) is 17.2 Å². The number of fused-ring (bicyclic) bond motifs is 1. The molecule has 0 radical (unpaired) electrons. The van der Waals surface area contributed by atoms with Gasteiger partial charge in [0.15, 0.2) is 0 Å². The number of halogens is 2. The molecule has 3 aromatic rings. The predicted molar refractivity (Wildman–Crippen MR) is 114 cm³/mol. The molecule has 0 saturated carbocycles. The molecular weight excluding hydrogens is 428 g/mol. The van der Waals surface area contributed by atoms with Gasteiger partial charge in [-0.05, 0) is 36.2 Å². The van der Waals surface area contributed by atoms with Crippen LogP contribution in [0.1, 0.15) is 48.2 Å². The molecule has 3 aromatic carbocycles. The van der Waals surface area contributed by atoms with E-state index in [0.717, 1.165) is 22.6 Å². The molecule has 0 aliphatic carbocycles. The van der Waals surface area contributed by atoms with Crippen LogP contribution in [-0.4, -0.2) is 29.2 Å². The first-order chi connectivity index (χ1) is 15.9. The summed E-state index contributed by atoms with van der Waals surface area (Å²) in [4.78, 5) is 39.3. The Labute approximate surface area is 188 Å². The smallest absolute Gasteiger partial charge is 0.261 e. The number of hydrogen-bond donors (Lipinski definition) is 1. The highest BCUT2D eigenvalue weighted by Gasteiger charge is 2.35. The summed E-state index contributed by atoms with van der Waals surface area (Å²) in [5.41, 5.74) is 1.09. The minimum Gasteiger partial charge on any atom is -0.332 e. The molecular formula is C25H17F2N3O3. The fourth-order valence-corrected chi connectivity index (χ4v) is 3.65. The number of nitriles is 1. The van der Waals surface area contributed by atoms with Crippen LogP contribution in [0, 0.1) is 23.0 Å². The van der Waals surface area contributed by atoms with Crippen molar-refractivity contribution in [1.82, 2.24) is 10.2 Å². The molecule has 4 rings (SSSR count). The zero-order valence-electron chi connectivity index (χ0n) is 17.2. The Bertz CT molecular complexity index is 1300. The molecule has 1 aliphatic heterocycles. The topological polar surface area (TPSA) is 90.3 Å². The van der Waals surface area contributed by atoms with Crippen LogP contribution >= 0.6 is 0 Å². The highest BCUT2D eigenvalue weighted by Crippen LogP contribution is 2.25. The quantitative estimate of drug-likeness (QED) is 0.585. The van der Waals surface area contributed by atoms with Crippen molar-refractivity contribution in [3.8, 4) is 6.07 Å². The standard InChI is InChI=1S/C25H17F2N3O3/c26-17-7-9-19(21(27)13-17)22(14-28)29-23(31)16-6-8-18-20(12-16)25(33)30(24(18)32)11-10-15-4-2-1-3-5-15/h1-9,12-13,22H,10-11H2,(H,29,31). The lowest BCUT2D eigenvalue weighted by molar-refractivity contribution is 0.0656. The number of carbonyl (C=O) groups is 3. The molecule has 0 fully saturated rings. The van der Waals surface area contributed by atoms with E-state index < -0.39 is 35.4 Å². The minimum absolute atomic E-state index is 0.0302. The van der Waals surface area contributed by atoms with Crippen molar-refractivity contribution in [3.05, 3.63) is 106 Å². The second-order valence-corrected chi connectivity index (χ2v) is 7.46. The highest BCUT2D eigenvalue weighted by atomic mass is 19.1. The number of benzene rings is 3. The Kier molecular flexibility index (Phi) is 5.96. The highest BCUT2D eigenvalue weighted by molar-refractivity contribution is 6.22. The van der Waals surface area contributed by atoms with E-state index in [1.807, 2.05) is 30.3 Å². The lowest BCUT2D eigenvalue weighted by Gasteiger charge is -2.13. The first kappa shape index (κ1) is 21.8. The molecule has 1 heterocycles. The number of imide groups is 1. The van der Waals surface area contributed by atoms with Gasteiger partial charge in [0.2, 0.25) is 0 Å². The molecule has 1 atom stereocenters. The summed E-state index contributed by atoms with van der Waals surface area (Å²) in [5.74, 6) is -3.47. The number of hydrogen-bond acceptors (Lipinski definition) is 4. The van der Waals surface area contributed by atoms with Crippen molar-refractivity contribution in [2.45, 2.75) is 12.5 Å². The van der Waals surface area contributed by atoms with Crippen molar-refractivity contribution in [3.63, 3.8) is 0 Å². The van der Waals surface area contributed by atoms with Gasteiger partial charge < -0.3 is 5.32 Å². The summed E-state index contributed by atoms with van der Waals surface area (Å²) >= 11 is 0. The van der Waals surface area contributed by atoms with Crippen LogP contribution in [0.15, 0.2) is 66.7 Å². The lowest BCUT2D eigenvalue weighted by Crippen LogP contribution is -2.31. The van der Waals surface area contributed by atoms with Crippen LogP contribution in [0.3, 0.4) is 0 Å². The van der Waals surface area contributed by atoms with Gasteiger partial charge >= 0.3 is 0 Å². The Morgan fingerprint density at radius 2 is 1.70 bits per heavy atom. The molecule has 1 N–H and O–H groups in total. The molecule has 0 aromatic heterocycles. The third kappa shape index (κ3) is 4.34. The van der Waals surface area contributed by atoms with Crippen molar-refractivity contribution < 1.29 is 23.2 Å². The first-order valence-corrected chi connectivity index (χ1v) is 10.1. The summed E-state index contributed by atoms with van der Waals surface area (Å²) in [6, 6.07) is 16.5. The first-order valence-electron chi connectivity index (χ1n) is 10.1. The van der Waals surface area contributed by atoms with Gasteiger partial charge in [-0.25, -0.2) is 8.78 Å². The Hall–Kier alpha value is -4.38. The predicted octanol–water partition coefficient (Wildman–Crippen LogP) is 3.80. The maximum absolute atomic E-state index is 14.0. The van der Waals surface area contributed by atoms with Crippen molar-refractivity contribution in [2.24, 2.45) is 0 Å². The molecule has 1 aliphatic rings. The van der Waals surface area contributed by atoms with Crippen molar-refractivity contribution in [2.75, 3.05) is 6.54 Å². The minimum atomic E-state index is -1.37. The monoisotopic (exact) mass is 445 g/mol. The second kappa shape index (κ2) is 9.01. The molecule has 33 heavy (non-hydrogen) atoms. The van der Waals surface area contributed by atoms with E-state index in [9.17, 15) is 28.4 Å². The van der Waals surface area contributed by atoms with Gasteiger partial charge in [-0.3, -0.25) is 19.3 Å². The number of nitrogens with zero attached hydrogens (tertiary/aromatic N) is 2. The molecule has 0 saturated heterocycles.